The summed E-state index contributed by atoms with van der Waals surface area (Å²) in [7, 11) is 0. The van der Waals surface area contributed by atoms with E-state index in [0.29, 0.717) is 16.7 Å². The average Bonchev–Trinajstić information content (AvgIpc) is 3.20. The molecular formula is C23H24F2N6O2. The molecule has 1 aromatic carbocycles. The molecule has 1 N–H and O–H groups in total. The van der Waals surface area contributed by atoms with Crippen molar-refractivity contribution in [3.63, 3.8) is 0 Å². The summed E-state index contributed by atoms with van der Waals surface area (Å²) in [6, 6.07) is 5.88. The third-order valence-electron chi connectivity index (χ3n) is 6.92. The lowest BCUT2D eigenvalue weighted by molar-refractivity contribution is -0.124. The molecule has 0 radical (unpaired) electrons. The van der Waals surface area contributed by atoms with Gasteiger partial charge in [-0.3, -0.25) is 0 Å². The van der Waals surface area contributed by atoms with Gasteiger partial charge >= 0.3 is 6.03 Å². The number of carbonyl (C=O) groups excluding carboxylic acids is 1. The lowest BCUT2D eigenvalue weighted by Gasteiger charge is -2.47. The standard InChI is InChI=1S/C23H24F2N6O2/c24-16-11-30(12-16)22(32)27-17-1-2-19(25)20(8-17)31-10-15-7-18(9-26-21(15)28-31)29-5-3-23(4-6-29)13-33-14-23/h1-2,7-10,16H,3-6,11-14H2,(H,27,32). The van der Waals surface area contributed by atoms with Crippen LogP contribution in [0.3, 0.4) is 0 Å². The van der Waals surface area contributed by atoms with E-state index in [-0.39, 0.29) is 18.8 Å². The van der Waals surface area contributed by atoms with Crippen molar-refractivity contribution < 1.29 is 18.3 Å². The number of anilines is 2. The number of hydrogen-bond donors (Lipinski definition) is 1. The minimum absolute atomic E-state index is 0.0736. The fourth-order valence-corrected chi connectivity index (χ4v) is 4.68. The highest BCUT2D eigenvalue weighted by atomic mass is 19.1. The monoisotopic (exact) mass is 454 g/mol. The van der Waals surface area contributed by atoms with Crippen molar-refractivity contribution in [1.29, 1.82) is 0 Å². The predicted octanol–water partition coefficient (Wildman–Crippen LogP) is 3.36. The van der Waals surface area contributed by atoms with Crippen LogP contribution in [-0.2, 0) is 4.74 Å². The number of piperidine rings is 1. The van der Waals surface area contributed by atoms with Gasteiger partial charge in [-0.05, 0) is 37.1 Å². The van der Waals surface area contributed by atoms with E-state index >= 15 is 0 Å². The fourth-order valence-electron chi connectivity index (χ4n) is 4.68. The minimum Gasteiger partial charge on any atom is -0.380 e. The second-order valence-corrected chi connectivity index (χ2v) is 9.26. The van der Waals surface area contributed by atoms with Crippen molar-refractivity contribution in [2.24, 2.45) is 5.41 Å². The van der Waals surface area contributed by atoms with Crippen LogP contribution in [0.1, 0.15) is 12.8 Å². The maximum atomic E-state index is 14.6. The minimum atomic E-state index is -0.980. The number of pyridine rings is 1. The lowest BCUT2D eigenvalue weighted by Crippen LogP contribution is -2.53. The molecule has 0 atom stereocenters. The first-order valence-electron chi connectivity index (χ1n) is 11.2. The Balaban J connectivity index is 1.22. The third-order valence-corrected chi connectivity index (χ3v) is 6.92. The van der Waals surface area contributed by atoms with Gasteiger partial charge in [-0.1, -0.05) is 0 Å². The normalized spacial score (nSPS) is 20.1. The van der Waals surface area contributed by atoms with Gasteiger partial charge in [0.1, 0.15) is 17.7 Å². The van der Waals surface area contributed by atoms with Crippen LogP contribution in [0.4, 0.5) is 25.0 Å². The molecule has 3 aromatic rings. The van der Waals surface area contributed by atoms with Gasteiger partial charge < -0.3 is 19.9 Å². The molecule has 2 aromatic heterocycles. The van der Waals surface area contributed by atoms with Gasteiger partial charge in [0.25, 0.3) is 0 Å². The number of amides is 2. The molecular weight excluding hydrogens is 430 g/mol. The van der Waals surface area contributed by atoms with Crippen molar-refractivity contribution in [3.05, 3.63) is 42.5 Å². The molecule has 1 spiro atoms. The number of nitrogens with one attached hydrogen (secondary N) is 1. The molecule has 172 valence electrons. The first kappa shape index (κ1) is 20.3. The highest BCUT2D eigenvalue weighted by Crippen LogP contribution is 2.39. The fraction of sp³-hybridized carbons (Fsp3) is 0.435. The van der Waals surface area contributed by atoms with E-state index in [1.54, 1.807) is 6.20 Å². The van der Waals surface area contributed by atoms with Crippen molar-refractivity contribution in [1.82, 2.24) is 19.7 Å². The number of nitrogens with zero attached hydrogens (tertiary/aromatic N) is 5. The van der Waals surface area contributed by atoms with Crippen LogP contribution < -0.4 is 10.2 Å². The zero-order valence-corrected chi connectivity index (χ0v) is 18.0. The summed E-state index contributed by atoms with van der Waals surface area (Å²) in [4.78, 5) is 20.3. The van der Waals surface area contributed by atoms with Crippen LogP contribution in [0, 0.1) is 11.2 Å². The molecule has 8 nitrogen and oxygen atoms in total. The molecule has 5 heterocycles. The smallest absolute Gasteiger partial charge is 0.322 e. The summed E-state index contributed by atoms with van der Waals surface area (Å²) < 4.78 is 34.5. The Morgan fingerprint density at radius 3 is 2.67 bits per heavy atom. The maximum absolute atomic E-state index is 14.6. The quantitative estimate of drug-likeness (QED) is 0.657. The summed E-state index contributed by atoms with van der Waals surface area (Å²) >= 11 is 0. The number of fused-ring (bicyclic) bond motifs is 1. The van der Waals surface area contributed by atoms with E-state index in [2.05, 4.69) is 20.3 Å². The Morgan fingerprint density at radius 1 is 1.18 bits per heavy atom. The van der Waals surface area contributed by atoms with Gasteiger partial charge in [-0.2, -0.15) is 0 Å². The zero-order chi connectivity index (χ0) is 22.6. The second kappa shape index (κ2) is 7.65. The van der Waals surface area contributed by atoms with Crippen LogP contribution in [0.5, 0.6) is 0 Å². The Morgan fingerprint density at radius 2 is 1.97 bits per heavy atom. The van der Waals surface area contributed by atoms with E-state index in [9.17, 15) is 13.6 Å². The highest BCUT2D eigenvalue weighted by molar-refractivity contribution is 5.90. The summed E-state index contributed by atoms with van der Waals surface area (Å²) in [5, 5.41) is 7.92. The average molecular weight is 454 g/mol. The van der Waals surface area contributed by atoms with Crippen LogP contribution >= 0.6 is 0 Å². The van der Waals surface area contributed by atoms with Crippen LogP contribution in [0.15, 0.2) is 36.7 Å². The lowest BCUT2D eigenvalue weighted by atomic mass is 9.77. The van der Waals surface area contributed by atoms with Crippen molar-refractivity contribution >= 4 is 28.4 Å². The van der Waals surface area contributed by atoms with Crippen LogP contribution in [-0.4, -0.2) is 71.3 Å². The summed E-state index contributed by atoms with van der Waals surface area (Å²) in [5.41, 5.74) is 2.51. The molecule has 3 aliphatic heterocycles. The first-order chi connectivity index (χ1) is 16.0. The molecule has 3 fully saturated rings. The van der Waals surface area contributed by atoms with Crippen LogP contribution in [0.25, 0.3) is 16.7 Å². The van der Waals surface area contributed by atoms with Crippen molar-refractivity contribution in [2.45, 2.75) is 19.0 Å². The number of halogens is 2. The Bertz CT molecular complexity index is 1210. The number of urea groups is 1. The van der Waals surface area contributed by atoms with E-state index in [0.717, 1.165) is 50.2 Å². The number of benzene rings is 1. The number of alkyl halides is 1. The number of rotatable bonds is 3. The molecule has 0 aliphatic carbocycles. The summed E-state index contributed by atoms with van der Waals surface area (Å²) in [5.74, 6) is -0.474. The number of carbonyl (C=O) groups is 1. The van der Waals surface area contributed by atoms with Gasteiger partial charge in [-0.25, -0.2) is 23.2 Å². The number of ether oxygens (including phenoxy) is 1. The summed E-state index contributed by atoms with van der Waals surface area (Å²) in [6.07, 6.45) is 4.79. The molecule has 0 unspecified atom stereocenters. The van der Waals surface area contributed by atoms with E-state index in [1.807, 2.05) is 12.3 Å². The highest BCUT2D eigenvalue weighted by Gasteiger charge is 2.41. The first-order valence-corrected chi connectivity index (χ1v) is 11.2. The molecule has 2 amide bonds. The zero-order valence-electron chi connectivity index (χ0n) is 18.0. The third kappa shape index (κ3) is 3.68. The van der Waals surface area contributed by atoms with E-state index in [4.69, 9.17) is 4.74 Å². The maximum Gasteiger partial charge on any atom is 0.322 e. The van der Waals surface area contributed by atoms with E-state index < -0.39 is 18.0 Å². The molecule has 0 saturated carbocycles. The molecule has 3 aliphatic rings. The summed E-state index contributed by atoms with van der Waals surface area (Å²) in [6.45, 7) is 3.80. The molecule has 3 saturated heterocycles. The molecule has 33 heavy (non-hydrogen) atoms. The molecule has 0 bridgehead atoms. The van der Waals surface area contributed by atoms with Crippen LogP contribution in [0.2, 0.25) is 0 Å². The second-order valence-electron chi connectivity index (χ2n) is 9.26. The van der Waals surface area contributed by atoms with Gasteiger partial charge in [-0.15, -0.1) is 5.10 Å². The van der Waals surface area contributed by atoms with Crippen molar-refractivity contribution in [3.8, 4) is 5.69 Å². The number of hydrogen-bond acceptors (Lipinski definition) is 5. The Kier molecular flexibility index (Phi) is 4.72. The largest absolute Gasteiger partial charge is 0.380 e. The Hall–Kier alpha value is -3.27. The number of aromatic nitrogens is 3. The number of likely N-dealkylation sites (tertiary alicyclic amines) is 1. The molecule has 6 rings (SSSR count). The van der Waals surface area contributed by atoms with Crippen molar-refractivity contribution in [2.75, 3.05) is 49.6 Å². The molecule has 10 heteroatoms. The van der Waals surface area contributed by atoms with Gasteiger partial charge in [0.05, 0.1) is 38.2 Å². The van der Waals surface area contributed by atoms with Gasteiger partial charge in [0, 0.05) is 35.8 Å². The Labute approximate surface area is 189 Å². The SMILES string of the molecule is O=C(Nc1ccc(F)c(-n2cc3cc(N4CCC5(CC4)COC5)cnc3n2)c1)N1CC(F)C1. The van der Waals surface area contributed by atoms with Gasteiger partial charge in [0.15, 0.2) is 5.65 Å². The topological polar surface area (TPSA) is 75.5 Å². The van der Waals surface area contributed by atoms with E-state index in [1.165, 1.54) is 27.8 Å². The predicted molar refractivity (Wildman–Crippen MR) is 119 cm³/mol. The van der Waals surface area contributed by atoms with Gasteiger partial charge in [0.2, 0.25) is 0 Å².